The molecule has 4 heterocycles. The average molecular weight is 296 g/mol. The number of pyridine rings is 3. The number of fused-ring (bicyclic) bond motifs is 1. The SMILES string of the molecule is C(#Cc1ccc(-n2ccc3ccncc32)nc1)c1cccnc1. The summed E-state index contributed by atoms with van der Waals surface area (Å²) in [6.45, 7) is 0. The molecule has 0 fully saturated rings. The van der Waals surface area contributed by atoms with E-state index in [0.29, 0.717) is 0 Å². The first kappa shape index (κ1) is 13.2. The molecular formula is C19H12N4. The Morgan fingerprint density at radius 3 is 2.43 bits per heavy atom. The Morgan fingerprint density at radius 2 is 1.65 bits per heavy atom. The van der Waals surface area contributed by atoms with Crippen LogP contribution in [0.15, 0.2) is 73.6 Å². The van der Waals surface area contributed by atoms with Gasteiger partial charge in [-0.3, -0.25) is 14.5 Å². The van der Waals surface area contributed by atoms with Crippen LogP contribution in [0.25, 0.3) is 16.7 Å². The Balaban J connectivity index is 1.65. The van der Waals surface area contributed by atoms with Crippen molar-refractivity contribution in [2.75, 3.05) is 0 Å². The molecule has 0 N–H and O–H groups in total. The molecule has 108 valence electrons. The second kappa shape index (κ2) is 5.74. The van der Waals surface area contributed by atoms with Crippen molar-refractivity contribution in [1.29, 1.82) is 0 Å². The number of nitrogens with zero attached hydrogens (tertiary/aromatic N) is 4. The van der Waals surface area contributed by atoms with Crippen LogP contribution < -0.4 is 0 Å². The minimum Gasteiger partial charge on any atom is -0.300 e. The molecule has 4 rings (SSSR count). The van der Waals surface area contributed by atoms with E-state index in [0.717, 1.165) is 27.8 Å². The second-order valence-corrected chi connectivity index (χ2v) is 5.02. The Labute approximate surface area is 133 Å². The van der Waals surface area contributed by atoms with E-state index in [1.54, 1.807) is 24.8 Å². The maximum Gasteiger partial charge on any atom is 0.137 e. The van der Waals surface area contributed by atoms with Gasteiger partial charge in [0.1, 0.15) is 5.82 Å². The molecule has 23 heavy (non-hydrogen) atoms. The fourth-order valence-electron chi connectivity index (χ4n) is 2.36. The van der Waals surface area contributed by atoms with Gasteiger partial charge in [-0.05, 0) is 36.4 Å². The molecule has 0 aromatic carbocycles. The fraction of sp³-hybridized carbons (Fsp3) is 0. The summed E-state index contributed by atoms with van der Waals surface area (Å²) in [7, 11) is 0. The Morgan fingerprint density at radius 1 is 0.783 bits per heavy atom. The monoisotopic (exact) mass is 296 g/mol. The minimum absolute atomic E-state index is 0.847. The molecule has 0 saturated heterocycles. The van der Waals surface area contributed by atoms with Crippen LogP contribution in [0, 0.1) is 11.8 Å². The zero-order valence-corrected chi connectivity index (χ0v) is 12.2. The van der Waals surface area contributed by atoms with E-state index in [1.807, 2.05) is 47.3 Å². The van der Waals surface area contributed by atoms with Crippen molar-refractivity contribution in [3.8, 4) is 17.7 Å². The largest absolute Gasteiger partial charge is 0.300 e. The highest BCUT2D eigenvalue weighted by Crippen LogP contribution is 2.17. The van der Waals surface area contributed by atoms with E-state index in [-0.39, 0.29) is 0 Å². The number of hydrogen-bond acceptors (Lipinski definition) is 3. The van der Waals surface area contributed by atoms with Crippen molar-refractivity contribution in [2.24, 2.45) is 0 Å². The maximum atomic E-state index is 4.50. The molecule has 0 aliphatic carbocycles. The van der Waals surface area contributed by atoms with Crippen LogP contribution in [0.3, 0.4) is 0 Å². The summed E-state index contributed by atoms with van der Waals surface area (Å²) in [5.41, 5.74) is 2.79. The van der Waals surface area contributed by atoms with E-state index in [4.69, 9.17) is 0 Å². The highest BCUT2D eigenvalue weighted by Gasteiger charge is 2.03. The van der Waals surface area contributed by atoms with E-state index < -0.39 is 0 Å². The Kier molecular flexibility index (Phi) is 3.30. The Bertz CT molecular complexity index is 1010. The zero-order valence-electron chi connectivity index (χ0n) is 12.2. The lowest BCUT2D eigenvalue weighted by molar-refractivity contribution is 1.04. The normalized spacial score (nSPS) is 10.3. The standard InChI is InChI=1S/C19H12N4/c1-2-15(12-20-9-1)3-4-16-5-6-19(22-13-16)23-11-8-17-7-10-21-14-18(17)23/h1-2,5-14H. The van der Waals surface area contributed by atoms with Crippen LogP contribution in [0.5, 0.6) is 0 Å². The first-order valence-electron chi connectivity index (χ1n) is 7.20. The zero-order chi connectivity index (χ0) is 15.5. The smallest absolute Gasteiger partial charge is 0.137 e. The van der Waals surface area contributed by atoms with E-state index >= 15 is 0 Å². The van der Waals surface area contributed by atoms with E-state index in [1.165, 1.54) is 0 Å². The van der Waals surface area contributed by atoms with Gasteiger partial charge in [0, 0.05) is 47.5 Å². The molecular weight excluding hydrogens is 284 g/mol. The summed E-state index contributed by atoms with van der Waals surface area (Å²) < 4.78 is 2.01. The quantitative estimate of drug-likeness (QED) is 0.507. The van der Waals surface area contributed by atoms with Crippen LogP contribution in [0.1, 0.15) is 11.1 Å². The highest BCUT2D eigenvalue weighted by atomic mass is 15.0. The first-order chi connectivity index (χ1) is 11.4. The minimum atomic E-state index is 0.847. The highest BCUT2D eigenvalue weighted by molar-refractivity contribution is 5.80. The predicted molar refractivity (Wildman–Crippen MR) is 89.1 cm³/mol. The molecule has 4 nitrogen and oxygen atoms in total. The van der Waals surface area contributed by atoms with Crippen molar-refractivity contribution in [3.05, 3.63) is 84.7 Å². The van der Waals surface area contributed by atoms with Gasteiger partial charge in [-0.2, -0.15) is 0 Å². The van der Waals surface area contributed by atoms with Crippen molar-refractivity contribution in [1.82, 2.24) is 19.5 Å². The third-order valence-electron chi connectivity index (χ3n) is 3.50. The molecule has 0 aliphatic heterocycles. The maximum absolute atomic E-state index is 4.50. The molecule has 4 aromatic heterocycles. The molecule has 0 bridgehead atoms. The van der Waals surface area contributed by atoms with E-state index in [9.17, 15) is 0 Å². The second-order valence-electron chi connectivity index (χ2n) is 5.02. The van der Waals surface area contributed by atoms with Crippen LogP contribution >= 0.6 is 0 Å². The van der Waals surface area contributed by atoms with Gasteiger partial charge < -0.3 is 0 Å². The summed E-state index contributed by atoms with van der Waals surface area (Å²) in [5, 5.41) is 1.14. The van der Waals surface area contributed by atoms with Gasteiger partial charge in [0.05, 0.1) is 11.7 Å². The summed E-state index contributed by atoms with van der Waals surface area (Å²) in [6.07, 6.45) is 10.9. The van der Waals surface area contributed by atoms with Gasteiger partial charge in [0.15, 0.2) is 0 Å². The number of hydrogen-bond donors (Lipinski definition) is 0. The first-order valence-corrected chi connectivity index (χ1v) is 7.20. The molecule has 0 saturated carbocycles. The summed E-state index contributed by atoms with van der Waals surface area (Å²) in [6, 6.07) is 11.8. The lowest BCUT2D eigenvalue weighted by Gasteiger charge is -2.03. The predicted octanol–water partition coefficient (Wildman–Crippen LogP) is 3.22. The van der Waals surface area contributed by atoms with Crippen molar-refractivity contribution in [2.45, 2.75) is 0 Å². The molecule has 0 unspecified atom stereocenters. The van der Waals surface area contributed by atoms with Gasteiger partial charge in [0.25, 0.3) is 0 Å². The van der Waals surface area contributed by atoms with Gasteiger partial charge in [0.2, 0.25) is 0 Å². The van der Waals surface area contributed by atoms with Gasteiger partial charge in [-0.1, -0.05) is 11.8 Å². The molecule has 4 aromatic rings. The Hall–Kier alpha value is -3.45. The van der Waals surface area contributed by atoms with Crippen LogP contribution in [0.4, 0.5) is 0 Å². The topological polar surface area (TPSA) is 43.6 Å². The molecule has 0 spiro atoms. The van der Waals surface area contributed by atoms with Gasteiger partial charge in [-0.25, -0.2) is 4.98 Å². The van der Waals surface area contributed by atoms with Crippen LogP contribution in [0.2, 0.25) is 0 Å². The molecule has 0 amide bonds. The number of rotatable bonds is 1. The van der Waals surface area contributed by atoms with Crippen molar-refractivity contribution >= 4 is 10.9 Å². The average Bonchev–Trinajstić information content (AvgIpc) is 3.05. The lowest BCUT2D eigenvalue weighted by atomic mass is 10.2. The third kappa shape index (κ3) is 2.68. The van der Waals surface area contributed by atoms with E-state index in [2.05, 4.69) is 32.9 Å². The molecule has 0 atom stereocenters. The van der Waals surface area contributed by atoms with Gasteiger partial charge in [-0.15, -0.1) is 0 Å². The lowest BCUT2D eigenvalue weighted by Crippen LogP contribution is -1.95. The fourth-order valence-corrected chi connectivity index (χ4v) is 2.36. The van der Waals surface area contributed by atoms with Crippen molar-refractivity contribution in [3.63, 3.8) is 0 Å². The summed E-state index contributed by atoms with van der Waals surface area (Å²) >= 11 is 0. The molecule has 4 heteroatoms. The van der Waals surface area contributed by atoms with Crippen LogP contribution in [-0.2, 0) is 0 Å². The van der Waals surface area contributed by atoms with Crippen molar-refractivity contribution < 1.29 is 0 Å². The third-order valence-corrected chi connectivity index (χ3v) is 3.50. The molecule has 0 aliphatic rings. The summed E-state index contributed by atoms with van der Waals surface area (Å²) in [5.74, 6) is 7.02. The number of aromatic nitrogens is 4. The van der Waals surface area contributed by atoms with Crippen LogP contribution in [-0.4, -0.2) is 19.5 Å². The van der Waals surface area contributed by atoms with Gasteiger partial charge >= 0.3 is 0 Å². The molecule has 0 radical (unpaired) electrons. The summed E-state index contributed by atoms with van der Waals surface area (Å²) in [4.78, 5) is 12.7.